The zero-order chi connectivity index (χ0) is 11.4. The van der Waals surface area contributed by atoms with Gasteiger partial charge in [0.1, 0.15) is 0 Å². The summed E-state index contributed by atoms with van der Waals surface area (Å²) < 4.78 is 0. The molecular formula is C13H18N2O. The molecule has 0 unspecified atom stereocenters. The zero-order valence-corrected chi connectivity index (χ0v) is 9.57. The monoisotopic (exact) mass is 218 g/mol. The van der Waals surface area contributed by atoms with Crippen molar-refractivity contribution in [2.45, 2.75) is 31.8 Å². The summed E-state index contributed by atoms with van der Waals surface area (Å²) in [5, 5.41) is 6.24. The normalized spacial score (nSPS) is 21.7. The van der Waals surface area contributed by atoms with Gasteiger partial charge in [0.2, 0.25) is 5.91 Å². The maximum Gasteiger partial charge on any atom is 0.237 e. The zero-order valence-electron chi connectivity index (χ0n) is 9.57. The first-order chi connectivity index (χ1) is 7.77. The fourth-order valence-electron chi connectivity index (χ4n) is 2.05. The van der Waals surface area contributed by atoms with E-state index in [1.54, 1.807) is 0 Å². The summed E-state index contributed by atoms with van der Waals surface area (Å²) in [4.78, 5) is 11.9. The molecule has 1 aliphatic rings. The Hall–Kier alpha value is -1.35. The van der Waals surface area contributed by atoms with Gasteiger partial charge in [0.25, 0.3) is 0 Å². The fraction of sp³-hybridized carbons (Fsp3) is 0.462. The van der Waals surface area contributed by atoms with Crippen molar-refractivity contribution < 1.29 is 4.79 Å². The summed E-state index contributed by atoms with van der Waals surface area (Å²) in [6.45, 7) is 2.97. The van der Waals surface area contributed by atoms with Crippen molar-refractivity contribution in [3.8, 4) is 0 Å². The van der Waals surface area contributed by atoms with Gasteiger partial charge < -0.3 is 10.6 Å². The topological polar surface area (TPSA) is 41.1 Å². The quantitative estimate of drug-likeness (QED) is 0.809. The molecule has 3 nitrogen and oxygen atoms in total. The molecule has 1 saturated heterocycles. The van der Waals surface area contributed by atoms with Crippen LogP contribution >= 0.6 is 0 Å². The highest BCUT2D eigenvalue weighted by molar-refractivity contribution is 5.82. The summed E-state index contributed by atoms with van der Waals surface area (Å²) in [6, 6.07) is 10.1. The Morgan fingerprint density at radius 3 is 2.81 bits per heavy atom. The van der Waals surface area contributed by atoms with Crippen LogP contribution in [0.2, 0.25) is 0 Å². The van der Waals surface area contributed by atoms with Gasteiger partial charge in [0.05, 0.1) is 12.1 Å². The lowest BCUT2D eigenvalue weighted by Gasteiger charge is -2.17. The van der Waals surface area contributed by atoms with Gasteiger partial charge in [0, 0.05) is 0 Å². The van der Waals surface area contributed by atoms with E-state index in [1.165, 1.54) is 0 Å². The molecule has 1 aromatic carbocycles. The Balaban J connectivity index is 1.92. The minimum Gasteiger partial charge on any atom is -0.348 e. The van der Waals surface area contributed by atoms with Gasteiger partial charge >= 0.3 is 0 Å². The molecule has 2 atom stereocenters. The van der Waals surface area contributed by atoms with Crippen LogP contribution in [0.5, 0.6) is 0 Å². The fourth-order valence-corrected chi connectivity index (χ4v) is 2.05. The molecule has 86 valence electrons. The van der Waals surface area contributed by atoms with Crippen LogP contribution in [0.25, 0.3) is 0 Å². The molecule has 0 aromatic heterocycles. The lowest BCUT2D eigenvalue weighted by atomic mass is 10.1. The van der Waals surface area contributed by atoms with Crippen LogP contribution < -0.4 is 10.6 Å². The molecule has 1 aromatic rings. The third kappa shape index (κ3) is 2.61. The van der Waals surface area contributed by atoms with Crippen molar-refractivity contribution in [1.29, 1.82) is 0 Å². The van der Waals surface area contributed by atoms with Gasteiger partial charge in [-0.25, -0.2) is 0 Å². The maximum absolute atomic E-state index is 11.9. The van der Waals surface area contributed by atoms with Crippen molar-refractivity contribution in [1.82, 2.24) is 10.6 Å². The molecule has 0 bridgehead atoms. The molecule has 3 heteroatoms. The smallest absolute Gasteiger partial charge is 0.237 e. The molecule has 0 radical (unpaired) electrons. The number of nitrogens with one attached hydrogen (secondary N) is 2. The van der Waals surface area contributed by atoms with E-state index in [0.29, 0.717) is 0 Å². The lowest BCUT2D eigenvalue weighted by molar-refractivity contribution is -0.123. The molecule has 16 heavy (non-hydrogen) atoms. The Labute approximate surface area is 96.2 Å². The predicted octanol–water partition coefficient (Wildman–Crippen LogP) is 1.62. The Morgan fingerprint density at radius 2 is 2.19 bits per heavy atom. The van der Waals surface area contributed by atoms with Crippen molar-refractivity contribution >= 4 is 5.91 Å². The molecule has 2 rings (SSSR count). The molecule has 1 aliphatic heterocycles. The standard InChI is InChI=1S/C13H18N2O/c1-10(11-6-3-2-4-7-11)15-13(16)12-8-5-9-14-12/h2-4,6-7,10,12,14H,5,8-9H2,1H3,(H,15,16)/t10-,12-/m1/s1. The highest BCUT2D eigenvalue weighted by Gasteiger charge is 2.23. The molecule has 1 fully saturated rings. The van der Waals surface area contributed by atoms with Gasteiger partial charge in [-0.05, 0) is 31.9 Å². The van der Waals surface area contributed by atoms with Crippen LogP contribution in [0.1, 0.15) is 31.4 Å². The van der Waals surface area contributed by atoms with E-state index in [0.717, 1.165) is 24.9 Å². The predicted molar refractivity (Wildman–Crippen MR) is 64.0 cm³/mol. The average molecular weight is 218 g/mol. The Morgan fingerprint density at radius 1 is 1.44 bits per heavy atom. The molecule has 0 saturated carbocycles. The molecule has 0 spiro atoms. The highest BCUT2D eigenvalue weighted by atomic mass is 16.2. The van der Waals surface area contributed by atoms with E-state index in [-0.39, 0.29) is 18.0 Å². The molecule has 1 heterocycles. The van der Waals surface area contributed by atoms with Crippen LogP contribution in [0.15, 0.2) is 30.3 Å². The van der Waals surface area contributed by atoms with E-state index >= 15 is 0 Å². The van der Waals surface area contributed by atoms with Crippen LogP contribution in [0.4, 0.5) is 0 Å². The number of carbonyl (C=O) groups excluding carboxylic acids is 1. The van der Waals surface area contributed by atoms with Crippen molar-refractivity contribution in [2.24, 2.45) is 0 Å². The van der Waals surface area contributed by atoms with E-state index < -0.39 is 0 Å². The second kappa shape index (κ2) is 5.12. The molecule has 0 aliphatic carbocycles. The summed E-state index contributed by atoms with van der Waals surface area (Å²) in [5.41, 5.74) is 1.15. The number of benzene rings is 1. The largest absolute Gasteiger partial charge is 0.348 e. The van der Waals surface area contributed by atoms with Gasteiger partial charge in [-0.2, -0.15) is 0 Å². The number of amides is 1. The average Bonchev–Trinajstić information content (AvgIpc) is 2.83. The van der Waals surface area contributed by atoms with Crippen molar-refractivity contribution in [3.63, 3.8) is 0 Å². The Bertz CT molecular complexity index is 344. The van der Waals surface area contributed by atoms with Crippen molar-refractivity contribution in [3.05, 3.63) is 35.9 Å². The number of hydrogen-bond acceptors (Lipinski definition) is 2. The number of rotatable bonds is 3. The first kappa shape index (κ1) is 11.1. The van der Waals surface area contributed by atoms with Crippen LogP contribution in [-0.4, -0.2) is 18.5 Å². The summed E-state index contributed by atoms with van der Waals surface area (Å²) in [6.07, 6.45) is 2.05. The number of carbonyl (C=O) groups is 1. The van der Waals surface area contributed by atoms with E-state index in [2.05, 4.69) is 10.6 Å². The van der Waals surface area contributed by atoms with Crippen LogP contribution in [-0.2, 0) is 4.79 Å². The van der Waals surface area contributed by atoms with E-state index in [4.69, 9.17) is 0 Å². The van der Waals surface area contributed by atoms with Gasteiger partial charge in [0.15, 0.2) is 0 Å². The summed E-state index contributed by atoms with van der Waals surface area (Å²) in [5.74, 6) is 0.119. The maximum atomic E-state index is 11.9. The van der Waals surface area contributed by atoms with Crippen LogP contribution in [0, 0.1) is 0 Å². The SMILES string of the molecule is C[C@@H](NC(=O)[C@H]1CCCN1)c1ccccc1. The van der Waals surface area contributed by atoms with Gasteiger partial charge in [-0.3, -0.25) is 4.79 Å². The van der Waals surface area contributed by atoms with E-state index in [9.17, 15) is 4.79 Å². The summed E-state index contributed by atoms with van der Waals surface area (Å²) >= 11 is 0. The second-order valence-electron chi connectivity index (χ2n) is 4.29. The lowest BCUT2D eigenvalue weighted by Crippen LogP contribution is -2.41. The van der Waals surface area contributed by atoms with E-state index in [1.807, 2.05) is 37.3 Å². The second-order valence-corrected chi connectivity index (χ2v) is 4.29. The highest BCUT2D eigenvalue weighted by Crippen LogP contribution is 2.12. The first-order valence-corrected chi connectivity index (χ1v) is 5.86. The first-order valence-electron chi connectivity index (χ1n) is 5.86. The number of hydrogen-bond donors (Lipinski definition) is 2. The third-order valence-electron chi connectivity index (χ3n) is 3.04. The summed E-state index contributed by atoms with van der Waals surface area (Å²) in [7, 11) is 0. The minimum absolute atomic E-state index is 0.00571. The molecule has 2 N–H and O–H groups in total. The van der Waals surface area contributed by atoms with Crippen molar-refractivity contribution in [2.75, 3.05) is 6.54 Å². The molecular weight excluding hydrogens is 200 g/mol. The van der Waals surface area contributed by atoms with Crippen LogP contribution in [0.3, 0.4) is 0 Å². The Kier molecular flexibility index (Phi) is 3.57. The van der Waals surface area contributed by atoms with Gasteiger partial charge in [-0.15, -0.1) is 0 Å². The third-order valence-corrected chi connectivity index (χ3v) is 3.04. The minimum atomic E-state index is 0.00571. The van der Waals surface area contributed by atoms with Gasteiger partial charge in [-0.1, -0.05) is 30.3 Å². The molecule has 1 amide bonds.